The van der Waals surface area contributed by atoms with Crippen molar-refractivity contribution in [2.75, 3.05) is 32.6 Å². The second-order valence-corrected chi connectivity index (χ2v) is 7.12. The first-order valence-corrected chi connectivity index (χ1v) is 9.07. The lowest BCUT2D eigenvalue weighted by atomic mass is 10.1. The van der Waals surface area contributed by atoms with Crippen molar-refractivity contribution in [2.45, 2.75) is 18.9 Å². The normalized spacial score (nSPS) is 16.6. The predicted octanol–water partition coefficient (Wildman–Crippen LogP) is 0.252. The van der Waals surface area contributed by atoms with E-state index in [9.17, 15) is 13.2 Å². The lowest BCUT2D eigenvalue weighted by Crippen LogP contribution is -2.46. The number of hydrogen-bond acceptors (Lipinski definition) is 5. The lowest BCUT2D eigenvalue weighted by molar-refractivity contribution is 0.0585. The average Bonchev–Trinajstić information content (AvgIpc) is 2.52. The van der Waals surface area contributed by atoms with E-state index in [1.165, 1.54) is 10.6 Å². The van der Waals surface area contributed by atoms with Crippen molar-refractivity contribution >= 4 is 15.9 Å². The fourth-order valence-electron chi connectivity index (χ4n) is 2.46. The molecular formula is C14H21N3O4S. The van der Waals surface area contributed by atoms with E-state index in [0.29, 0.717) is 31.7 Å². The number of pyridine rings is 1. The molecule has 7 nitrogen and oxygen atoms in total. The Kier molecular flexibility index (Phi) is 5.87. The molecule has 1 fully saturated rings. The summed E-state index contributed by atoms with van der Waals surface area (Å²) in [6.07, 6.45) is 4.10. The van der Waals surface area contributed by atoms with Crippen LogP contribution in [-0.2, 0) is 14.8 Å². The molecule has 0 spiro atoms. The highest BCUT2D eigenvalue weighted by Gasteiger charge is 2.28. The van der Waals surface area contributed by atoms with Gasteiger partial charge in [-0.05, 0) is 25.0 Å². The van der Waals surface area contributed by atoms with Crippen LogP contribution in [0.1, 0.15) is 23.3 Å². The first kappa shape index (κ1) is 16.9. The van der Waals surface area contributed by atoms with Crippen molar-refractivity contribution in [1.82, 2.24) is 14.6 Å². The van der Waals surface area contributed by atoms with E-state index in [4.69, 9.17) is 4.74 Å². The zero-order valence-electron chi connectivity index (χ0n) is 12.6. The van der Waals surface area contributed by atoms with Crippen LogP contribution in [-0.4, -0.2) is 62.2 Å². The van der Waals surface area contributed by atoms with Gasteiger partial charge in [0.25, 0.3) is 5.91 Å². The number of amides is 1. The molecule has 0 radical (unpaired) electrons. The Hall–Kier alpha value is -1.51. The van der Waals surface area contributed by atoms with E-state index in [-0.39, 0.29) is 25.0 Å². The van der Waals surface area contributed by atoms with E-state index in [1.54, 1.807) is 24.4 Å². The average molecular weight is 327 g/mol. The minimum absolute atomic E-state index is 0.0597. The Balaban J connectivity index is 1.90. The molecule has 1 amide bonds. The summed E-state index contributed by atoms with van der Waals surface area (Å²) < 4.78 is 30.6. The Labute approximate surface area is 130 Å². The molecule has 0 unspecified atom stereocenters. The standard InChI is InChI=1S/C14H21N3O4S/c1-22(19,20)17(12-5-10-21-11-6-12)9-8-16-14(18)13-4-2-3-7-15-13/h2-4,7,12H,5-6,8-11H2,1H3,(H,16,18). The van der Waals surface area contributed by atoms with Crippen LogP contribution < -0.4 is 5.32 Å². The van der Waals surface area contributed by atoms with Gasteiger partial charge in [-0.25, -0.2) is 8.42 Å². The molecule has 0 aliphatic carbocycles. The highest BCUT2D eigenvalue weighted by molar-refractivity contribution is 7.88. The lowest BCUT2D eigenvalue weighted by Gasteiger charge is -2.32. The van der Waals surface area contributed by atoms with Gasteiger partial charge in [0.15, 0.2) is 0 Å². The summed E-state index contributed by atoms with van der Waals surface area (Å²) in [6.45, 7) is 1.63. The number of hydrogen-bond donors (Lipinski definition) is 1. The first-order chi connectivity index (χ1) is 10.5. The molecule has 0 atom stereocenters. The zero-order chi connectivity index (χ0) is 16.0. The SMILES string of the molecule is CS(=O)(=O)N(CCNC(=O)c1ccccn1)C1CCOCC1. The molecule has 0 bridgehead atoms. The van der Waals surface area contributed by atoms with Gasteiger partial charge in [0.05, 0.1) is 6.26 Å². The summed E-state index contributed by atoms with van der Waals surface area (Å²) in [5.74, 6) is -0.305. The highest BCUT2D eigenvalue weighted by Crippen LogP contribution is 2.16. The molecule has 2 heterocycles. The minimum Gasteiger partial charge on any atom is -0.381 e. The van der Waals surface area contributed by atoms with Gasteiger partial charge in [0.2, 0.25) is 10.0 Å². The summed E-state index contributed by atoms with van der Waals surface area (Å²) in [5, 5.41) is 2.70. The molecule has 0 aromatic carbocycles. The van der Waals surface area contributed by atoms with Crippen molar-refractivity contribution in [3.05, 3.63) is 30.1 Å². The molecule has 2 rings (SSSR count). The maximum atomic E-state index is 11.9. The summed E-state index contributed by atoms with van der Waals surface area (Å²) in [4.78, 5) is 15.8. The largest absolute Gasteiger partial charge is 0.381 e. The van der Waals surface area contributed by atoms with Crippen molar-refractivity contribution in [3.63, 3.8) is 0 Å². The molecule has 1 aliphatic heterocycles. The molecule has 1 N–H and O–H groups in total. The van der Waals surface area contributed by atoms with E-state index < -0.39 is 10.0 Å². The van der Waals surface area contributed by atoms with Crippen molar-refractivity contribution < 1.29 is 17.9 Å². The summed E-state index contributed by atoms with van der Waals surface area (Å²) in [7, 11) is -3.32. The van der Waals surface area contributed by atoms with Gasteiger partial charge in [-0.1, -0.05) is 6.07 Å². The molecule has 1 aromatic heterocycles. The third-order valence-electron chi connectivity index (χ3n) is 3.54. The van der Waals surface area contributed by atoms with Crippen LogP contribution in [0.15, 0.2) is 24.4 Å². The molecule has 8 heteroatoms. The first-order valence-electron chi connectivity index (χ1n) is 7.22. The topological polar surface area (TPSA) is 88.6 Å². The van der Waals surface area contributed by atoms with E-state index in [0.717, 1.165) is 0 Å². The van der Waals surface area contributed by atoms with Gasteiger partial charge in [0, 0.05) is 38.5 Å². The monoisotopic (exact) mass is 327 g/mol. The smallest absolute Gasteiger partial charge is 0.269 e. The van der Waals surface area contributed by atoms with Gasteiger partial charge in [-0.15, -0.1) is 0 Å². The van der Waals surface area contributed by atoms with Crippen LogP contribution in [0, 0.1) is 0 Å². The molecule has 0 saturated carbocycles. The van der Waals surface area contributed by atoms with Crippen LogP contribution in [0.5, 0.6) is 0 Å². The number of aromatic nitrogens is 1. The maximum Gasteiger partial charge on any atom is 0.269 e. The van der Waals surface area contributed by atoms with Crippen LogP contribution in [0.4, 0.5) is 0 Å². The highest BCUT2D eigenvalue weighted by atomic mass is 32.2. The summed E-state index contributed by atoms with van der Waals surface area (Å²) in [5.41, 5.74) is 0.319. The summed E-state index contributed by atoms with van der Waals surface area (Å²) >= 11 is 0. The summed E-state index contributed by atoms with van der Waals surface area (Å²) in [6, 6.07) is 5.01. The van der Waals surface area contributed by atoms with Crippen molar-refractivity contribution in [2.24, 2.45) is 0 Å². The Morgan fingerprint density at radius 3 is 2.73 bits per heavy atom. The number of carbonyl (C=O) groups is 1. The number of ether oxygens (including phenoxy) is 1. The molecule has 1 aliphatic rings. The Morgan fingerprint density at radius 2 is 2.14 bits per heavy atom. The third-order valence-corrected chi connectivity index (χ3v) is 4.87. The van der Waals surface area contributed by atoms with E-state index in [2.05, 4.69) is 10.3 Å². The van der Waals surface area contributed by atoms with Crippen LogP contribution >= 0.6 is 0 Å². The third kappa shape index (κ3) is 4.75. The molecule has 22 heavy (non-hydrogen) atoms. The van der Waals surface area contributed by atoms with Crippen LogP contribution in [0.25, 0.3) is 0 Å². The van der Waals surface area contributed by atoms with E-state index in [1.807, 2.05) is 0 Å². The van der Waals surface area contributed by atoms with Gasteiger partial charge in [-0.2, -0.15) is 4.31 Å². The van der Waals surface area contributed by atoms with Crippen molar-refractivity contribution in [1.29, 1.82) is 0 Å². The van der Waals surface area contributed by atoms with Crippen LogP contribution in [0.3, 0.4) is 0 Å². The number of nitrogens with one attached hydrogen (secondary N) is 1. The Bertz CT molecular complexity index is 585. The molecule has 122 valence electrons. The van der Waals surface area contributed by atoms with Gasteiger partial charge >= 0.3 is 0 Å². The quantitative estimate of drug-likeness (QED) is 0.809. The van der Waals surface area contributed by atoms with Crippen LogP contribution in [0.2, 0.25) is 0 Å². The number of nitrogens with zero attached hydrogens (tertiary/aromatic N) is 2. The fraction of sp³-hybridized carbons (Fsp3) is 0.571. The van der Waals surface area contributed by atoms with Crippen molar-refractivity contribution in [3.8, 4) is 0 Å². The van der Waals surface area contributed by atoms with Gasteiger partial charge in [0.1, 0.15) is 5.69 Å². The Morgan fingerprint density at radius 1 is 1.41 bits per heavy atom. The van der Waals surface area contributed by atoms with E-state index >= 15 is 0 Å². The van der Waals surface area contributed by atoms with Gasteiger partial charge in [-0.3, -0.25) is 9.78 Å². The fourth-order valence-corrected chi connectivity index (χ4v) is 3.63. The zero-order valence-corrected chi connectivity index (χ0v) is 13.4. The number of sulfonamides is 1. The number of rotatable bonds is 6. The minimum atomic E-state index is -3.32. The second kappa shape index (κ2) is 7.66. The molecule has 1 saturated heterocycles. The number of carbonyl (C=O) groups excluding carboxylic acids is 1. The molecular weight excluding hydrogens is 306 g/mol. The maximum absolute atomic E-state index is 11.9. The second-order valence-electron chi connectivity index (χ2n) is 5.19. The van der Waals surface area contributed by atoms with Gasteiger partial charge < -0.3 is 10.1 Å². The molecule has 1 aromatic rings. The predicted molar refractivity (Wildman–Crippen MR) is 82.0 cm³/mol.